The second-order valence-electron chi connectivity index (χ2n) is 8.23. The molecule has 4 aromatic rings. The number of ether oxygens (including phenoxy) is 2. The van der Waals surface area contributed by atoms with Crippen LogP contribution in [0.3, 0.4) is 0 Å². The minimum Gasteiger partial charge on any atom is -0.493 e. The predicted molar refractivity (Wildman–Crippen MR) is 149 cm³/mol. The van der Waals surface area contributed by atoms with E-state index in [1.54, 1.807) is 6.07 Å². The zero-order valence-corrected chi connectivity index (χ0v) is 22.7. The minimum atomic E-state index is -4.07. The highest BCUT2D eigenvalue weighted by molar-refractivity contribution is 7.99. The number of benzene rings is 4. The van der Waals surface area contributed by atoms with E-state index in [1.165, 1.54) is 44.2 Å². The van der Waals surface area contributed by atoms with Gasteiger partial charge in [0, 0.05) is 22.4 Å². The van der Waals surface area contributed by atoms with Gasteiger partial charge in [0.2, 0.25) is 15.9 Å². The fraction of sp³-hybridized carbons (Fsp3) is 0.138. The fourth-order valence-corrected chi connectivity index (χ4v) is 6.09. The molecule has 196 valence electrons. The van der Waals surface area contributed by atoms with E-state index in [9.17, 15) is 13.2 Å². The molecule has 0 heterocycles. The van der Waals surface area contributed by atoms with Crippen molar-refractivity contribution in [1.82, 2.24) is 4.31 Å². The molecule has 4 aromatic carbocycles. The zero-order chi connectivity index (χ0) is 27.0. The summed E-state index contributed by atoms with van der Waals surface area (Å²) in [5.41, 5.74) is 1.36. The molecule has 1 N–H and O–H groups in total. The van der Waals surface area contributed by atoms with Crippen molar-refractivity contribution in [1.29, 1.82) is 0 Å². The fourth-order valence-electron chi connectivity index (χ4n) is 3.76. The molecule has 0 bridgehead atoms. The number of sulfonamides is 1. The summed E-state index contributed by atoms with van der Waals surface area (Å²) in [5, 5.41) is 2.90. The van der Waals surface area contributed by atoms with E-state index < -0.39 is 15.9 Å². The molecule has 4 rings (SSSR count). The summed E-state index contributed by atoms with van der Waals surface area (Å²) < 4.78 is 39.2. The number of hydrogen-bond donors (Lipinski definition) is 1. The standard InChI is InChI=1S/C29H28N2O5S2/c1-35-26-18-17-24(19-27(26)36-2)38(33,34)31(20-22-11-5-3-6-12-22)21-29(32)30-25-15-9-10-16-28(25)37-23-13-7-4-8-14-23/h3-19H,20-21H2,1-2H3,(H,30,32). The topological polar surface area (TPSA) is 84.9 Å². The van der Waals surface area contributed by atoms with E-state index in [2.05, 4.69) is 5.32 Å². The van der Waals surface area contributed by atoms with Gasteiger partial charge in [0.1, 0.15) is 0 Å². The minimum absolute atomic E-state index is 0.00101. The maximum absolute atomic E-state index is 13.7. The molecule has 0 aliphatic carbocycles. The van der Waals surface area contributed by atoms with Crippen LogP contribution in [0.5, 0.6) is 11.5 Å². The lowest BCUT2D eigenvalue weighted by molar-refractivity contribution is -0.116. The first-order chi connectivity index (χ1) is 18.4. The third-order valence-electron chi connectivity index (χ3n) is 5.65. The molecule has 0 aliphatic heterocycles. The lowest BCUT2D eigenvalue weighted by atomic mass is 10.2. The molecule has 0 fully saturated rings. The normalized spacial score (nSPS) is 11.2. The van der Waals surface area contributed by atoms with Crippen LogP contribution in [0.1, 0.15) is 5.56 Å². The van der Waals surface area contributed by atoms with Gasteiger partial charge in [0.05, 0.1) is 31.3 Å². The first-order valence-corrected chi connectivity index (χ1v) is 14.0. The maximum Gasteiger partial charge on any atom is 0.243 e. The van der Waals surface area contributed by atoms with Crippen LogP contribution in [0.2, 0.25) is 0 Å². The van der Waals surface area contributed by atoms with Crippen LogP contribution in [0.25, 0.3) is 0 Å². The van der Waals surface area contributed by atoms with Crippen LogP contribution < -0.4 is 14.8 Å². The summed E-state index contributed by atoms with van der Waals surface area (Å²) in [5.74, 6) is 0.238. The SMILES string of the molecule is COc1ccc(S(=O)(=O)N(CC(=O)Nc2ccccc2Sc2ccccc2)Cc2ccccc2)cc1OC. The number of carbonyl (C=O) groups is 1. The molecule has 0 spiro atoms. The van der Waals surface area contributed by atoms with Gasteiger partial charge < -0.3 is 14.8 Å². The van der Waals surface area contributed by atoms with Crippen LogP contribution in [0, 0.1) is 0 Å². The van der Waals surface area contributed by atoms with E-state index >= 15 is 0 Å². The number of hydrogen-bond acceptors (Lipinski definition) is 6. The van der Waals surface area contributed by atoms with Crippen molar-refractivity contribution < 1.29 is 22.7 Å². The van der Waals surface area contributed by atoms with Crippen molar-refractivity contribution >= 4 is 33.4 Å². The molecule has 1 amide bonds. The number of rotatable bonds is 11. The molecule has 0 aliphatic rings. The van der Waals surface area contributed by atoms with Gasteiger partial charge in [-0.15, -0.1) is 0 Å². The highest BCUT2D eigenvalue weighted by Crippen LogP contribution is 2.34. The van der Waals surface area contributed by atoms with E-state index in [-0.39, 0.29) is 23.7 Å². The maximum atomic E-state index is 13.7. The van der Waals surface area contributed by atoms with Gasteiger partial charge in [0.25, 0.3) is 0 Å². The molecule has 9 heteroatoms. The van der Waals surface area contributed by atoms with Crippen molar-refractivity contribution in [3.05, 3.63) is 109 Å². The van der Waals surface area contributed by atoms with Gasteiger partial charge in [-0.25, -0.2) is 8.42 Å². The van der Waals surface area contributed by atoms with Crippen molar-refractivity contribution in [2.24, 2.45) is 0 Å². The van der Waals surface area contributed by atoms with Crippen LogP contribution in [-0.2, 0) is 21.4 Å². The molecule has 0 aromatic heterocycles. The number of anilines is 1. The van der Waals surface area contributed by atoms with E-state index in [0.717, 1.165) is 19.7 Å². The molecule has 7 nitrogen and oxygen atoms in total. The largest absolute Gasteiger partial charge is 0.493 e. The average molecular weight is 549 g/mol. The number of carbonyl (C=O) groups excluding carboxylic acids is 1. The third kappa shape index (κ3) is 6.74. The summed E-state index contributed by atoms with van der Waals surface area (Å²) in [6, 6.07) is 30.8. The van der Waals surface area contributed by atoms with Gasteiger partial charge in [-0.3, -0.25) is 4.79 Å². The Kier molecular flexibility index (Phi) is 9.06. The molecule has 0 atom stereocenters. The number of nitrogens with zero attached hydrogens (tertiary/aromatic N) is 1. The van der Waals surface area contributed by atoms with E-state index in [1.807, 2.05) is 78.9 Å². The van der Waals surface area contributed by atoms with Crippen molar-refractivity contribution in [2.45, 2.75) is 21.2 Å². The predicted octanol–water partition coefficient (Wildman–Crippen LogP) is 5.68. The molecule has 38 heavy (non-hydrogen) atoms. The molecule has 0 radical (unpaired) electrons. The van der Waals surface area contributed by atoms with Gasteiger partial charge in [0.15, 0.2) is 11.5 Å². The van der Waals surface area contributed by atoms with Gasteiger partial charge in [-0.1, -0.05) is 72.4 Å². The van der Waals surface area contributed by atoms with Crippen LogP contribution in [0.4, 0.5) is 5.69 Å². The average Bonchev–Trinajstić information content (AvgIpc) is 2.94. The lowest BCUT2D eigenvalue weighted by Gasteiger charge is -2.23. The number of amides is 1. The summed E-state index contributed by atoms with van der Waals surface area (Å²) >= 11 is 1.52. The first kappa shape index (κ1) is 27.3. The summed E-state index contributed by atoms with van der Waals surface area (Å²) in [7, 11) is -1.15. The Morgan fingerprint density at radius 3 is 2.13 bits per heavy atom. The second-order valence-corrected chi connectivity index (χ2v) is 11.3. The highest BCUT2D eigenvalue weighted by atomic mass is 32.2. The molecule has 0 saturated carbocycles. The molecular formula is C29H28N2O5S2. The van der Waals surface area contributed by atoms with Gasteiger partial charge in [-0.05, 0) is 42.0 Å². The number of para-hydroxylation sites is 1. The molecule has 0 unspecified atom stereocenters. The van der Waals surface area contributed by atoms with Crippen LogP contribution >= 0.6 is 11.8 Å². The van der Waals surface area contributed by atoms with Crippen LogP contribution in [0.15, 0.2) is 118 Å². The Balaban J connectivity index is 1.60. The van der Waals surface area contributed by atoms with Gasteiger partial charge in [-0.2, -0.15) is 4.31 Å². The Labute approximate surface area is 227 Å². The number of nitrogens with one attached hydrogen (secondary N) is 1. The smallest absolute Gasteiger partial charge is 0.243 e. The Morgan fingerprint density at radius 1 is 0.816 bits per heavy atom. The van der Waals surface area contributed by atoms with Crippen molar-refractivity contribution in [3.63, 3.8) is 0 Å². The summed E-state index contributed by atoms with van der Waals surface area (Å²) in [6.45, 7) is -0.360. The first-order valence-electron chi connectivity index (χ1n) is 11.8. The van der Waals surface area contributed by atoms with E-state index in [0.29, 0.717) is 11.4 Å². The monoisotopic (exact) mass is 548 g/mol. The molecule has 0 saturated heterocycles. The Bertz CT molecular complexity index is 1480. The zero-order valence-electron chi connectivity index (χ0n) is 21.0. The lowest BCUT2D eigenvalue weighted by Crippen LogP contribution is -2.37. The van der Waals surface area contributed by atoms with Gasteiger partial charge >= 0.3 is 0 Å². The Hall–Kier alpha value is -3.79. The third-order valence-corrected chi connectivity index (χ3v) is 8.52. The number of methoxy groups -OCH3 is 2. The van der Waals surface area contributed by atoms with Crippen molar-refractivity contribution in [3.8, 4) is 11.5 Å². The Morgan fingerprint density at radius 2 is 1.45 bits per heavy atom. The summed E-state index contributed by atoms with van der Waals surface area (Å²) in [4.78, 5) is 15.1. The summed E-state index contributed by atoms with van der Waals surface area (Å²) in [6.07, 6.45) is 0. The van der Waals surface area contributed by atoms with Crippen LogP contribution in [-0.4, -0.2) is 39.4 Å². The highest BCUT2D eigenvalue weighted by Gasteiger charge is 2.28. The van der Waals surface area contributed by atoms with E-state index in [4.69, 9.17) is 9.47 Å². The second kappa shape index (κ2) is 12.6. The quantitative estimate of drug-likeness (QED) is 0.259. The van der Waals surface area contributed by atoms with Crippen molar-refractivity contribution in [2.75, 3.05) is 26.1 Å². The molecular weight excluding hydrogens is 520 g/mol.